The third-order valence-electron chi connectivity index (χ3n) is 5.98. The lowest BCUT2D eigenvalue weighted by atomic mass is 9.90. The number of phenols is 1. The van der Waals surface area contributed by atoms with Crippen LogP contribution in [0.25, 0.3) is 0 Å². The molecule has 0 fully saturated rings. The van der Waals surface area contributed by atoms with Crippen LogP contribution in [0.2, 0.25) is 0 Å². The van der Waals surface area contributed by atoms with Gasteiger partial charge in [0.2, 0.25) is 11.8 Å². The fraction of sp³-hybridized carbons (Fsp3) is 0.100. The van der Waals surface area contributed by atoms with Crippen molar-refractivity contribution < 1.29 is 14.7 Å². The van der Waals surface area contributed by atoms with Gasteiger partial charge in [-0.15, -0.1) is 0 Å². The number of hydrogen-bond donors (Lipinski definition) is 6. The van der Waals surface area contributed by atoms with Gasteiger partial charge < -0.3 is 26.8 Å². The van der Waals surface area contributed by atoms with Crippen molar-refractivity contribution in [3.63, 3.8) is 0 Å². The molecule has 4 aromatic rings. The number of aromatic hydroxyl groups is 1. The Labute approximate surface area is 221 Å². The molecule has 1 atom stereocenters. The lowest BCUT2D eigenvalue weighted by Crippen LogP contribution is -2.42. The Kier molecular flexibility index (Phi) is 8.35. The summed E-state index contributed by atoms with van der Waals surface area (Å²) >= 11 is 0. The fourth-order valence-electron chi connectivity index (χ4n) is 4.17. The SMILES string of the molecule is N=C(N)Nc1cccc([C@@H](NC(=O)C(c2ccccc2)c2ccccc2)C(=O)NCc2ccc(O)cc2)c1. The summed E-state index contributed by atoms with van der Waals surface area (Å²) in [6.07, 6.45) is 0. The maximum absolute atomic E-state index is 13.8. The van der Waals surface area contributed by atoms with Crippen LogP contribution in [0.4, 0.5) is 5.69 Å². The number of anilines is 1. The zero-order valence-electron chi connectivity index (χ0n) is 20.6. The highest BCUT2D eigenvalue weighted by atomic mass is 16.3. The van der Waals surface area contributed by atoms with Gasteiger partial charge in [0.25, 0.3) is 0 Å². The Bertz CT molecular complexity index is 1350. The first-order valence-electron chi connectivity index (χ1n) is 12.1. The molecule has 0 aliphatic heterocycles. The van der Waals surface area contributed by atoms with Crippen LogP contribution in [0, 0.1) is 5.41 Å². The zero-order valence-corrected chi connectivity index (χ0v) is 20.6. The molecule has 0 saturated heterocycles. The summed E-state index contributed by atoms with van der Waals surface area (Å²) in [7, 11) is 0. The molecule has 0 aliphatic carbocycles. The normalized spacial score (nSPS) is 11.4. The molecular formula is C30H29N5O3. The lowest BCUT2D eigenvalue weighted by Gasteiger charge is -2.24. The first kappa shape index (κ1) is 26.0. The summed E-state index contributed by atoms with van der Waals surface area (Å²) in [6.45, 7) is 0.206. The minimum absolute atomic E-state index is 0.132. The van der Waals surface area contributed by atoms with Gasteiger partial charge in [-0.05, 0) is 46.5 Å². The number of nitrogens with two attached hydrogens (primary N) is 1. The molecule has 7 N–H and O–H groups in total. The molecule has 8 heteroatoms. The number of guanidine groups is 1. The fourth-order valence-corrected chi connectivity index (χ4v) is 4.17. The van der Waals surface area contributed by atoms with Crippen LogP contribution in [0.3, 0.4) is 0 Å². The van der Waals surface area contributed by atoms with Gasteiger partial charge in [-0.1, -0.05) is 84.9 Å². The lowest BCUT2D eigenvalue weighted by molar-refractivity contribution is -0.129. The molecule has 0 unspecified atom stereocenters. The molecule has 2 amide bonds. The first-order valence-corrected chi connectivity index (χ1v) is 12.1. The Morgan fingerprint density at radius 3 is 1.92 bits per heavy atom. The highest BCUT2D eigenvalue weighted by Crippen LogP contribution is 2.27. The number of carbonyl (C=O) groups is 2. The van der Waals surface area contributed by atoms with Gasteiger partial charge in [0, 0.05) is 12.2 Å². The Hall–Kier alpha value is -5.11. The largest absolute Gasteiger partial charge is 0.508 e. The standard InChI is InChI=1S/C30H29N5O3/c31-30(32)34-24-13-7-12-23(18-24)27(29(38)33-19-20-14-16-25(36)17-15-20)35-28(37)26(21-8-3-1-4-9-21)22-10-5-2-6-11-22/h1-18,26-27,36H,19H2,(H,33,38)(H,35,37)(H4,31,32,34)/t27-/m1/s1. The van der Waals surface area contributed by atoms with E-state index >= 15 is 0 Å². The molecule has 38 heavy (non-hydrogen) atoms. The molecule has 0 aromatic heterocycles. The number of carbonyl (C=O) groups excluding carboxylic acids is 2. The minimum Gasteiger partial charge on any atom is -0.508 e. The van der Waals surface area contributed by atoms with E-state index in [0.717, 1.165) is 16.7 Å². The van der Waals surface area contributed by atoms with Crippen molar-refractivity contribution in [2.75, 3.05) is 5.32 Å². The molecular weight excluding hydrogens is 478 g/mol. The van der Waals surface area contributed by atoms with E-state index in [4.69, 9.17) is 11.1 Å². The maximum Gasteiger partial charge on any atom is 0.247 e. The third-order valence-corrected chi connectivity index (χ3v) is 5.98. The molecule has 192 valence electrons. The average molecular weight is 508 g/mol. The first-order chi connectivity index (χ1) is 18.4. The highest BCUT2D eigenvalue weighted by Gasteiger charge is 2.29. The van der Waals surface area contributed by atoms with Crippen LogP contribution in [0.5, 0.6) is 5.75 Å². The van der Waals surface area contributed by atoms with Crippen molar-refractivity contribution in [2.45, 2.75) is 18.5 Å². The van der Waals surface area contributed by atoms with Gasteiger partial charge in [0.05, 0.1) is 5.92 Å². The van der Waals surface area contributed by atoms with Crippen LogP contribution < -0.4 is 21.7 Å². The smallest absolute Gasteiger partial charge is 0.247 e. The van der Waals surface area contributed by atoms with Gasteiger partial charge in [-0.2, -0.15) is 0 Å². The van der Waals surface area contributed by atoms with E-state index < -0.39 is 17.9 Å². The van der Waals surface area contributed by atoms with Crippen LogP contribution in [-0.4, -0.2) is 22.9 Å². The van der Waals surface area contributed by atoms with E-state index in [0.29, 0.717) is 11.3 Å². The van der Waals surface area contributed by atoms with Gasteiger partial charge in [-0.3, -0.25) is 15.0 Å². The van der Waals surface area contributed by atoms with Crippen molar-refractivity contribution in [3.8, 4) is 5.75 Å². The molecule has 0 saturated carbocycles. The van der Waals surface area contributed by atoms with Crippen molar-refractivity contribution in [1.82, 2.24) is 10.6 Å². The number of rotatable bonds is 9. The molecule has 0 heterocycles. The zero-order chi connectivity index (χ0) is 26.9. The molecule has 0 bridgehead atoms. The van der Waals surface area contributed by atoms with Crippen LogP contribution in [0.1, 0.15) is 34.2 Å². The average Bonchev–Trinajstić information content (AvgIpc) is 2.92. The van der Waals surface area contributed by atoms with E-state index in [1.54, 1.807) is 48.5 Å². The Morgan fingerprint density at radius 1 is 0.763 bits per heavy atom. The minimum atomic E-state index is -1.02. The quantitative estimate of drug-likeness (QED) is 0.150. The van der Waals surface area contributed by atoms with Gasteiger partial charge in [0.1, 0.15) is 11.8 Å². The number of nitrogens with one attached hydrogen (secondary N) is 4. The van der Waals surface area contributed by atoms with Crippen molar-refractivity contribution in [3.05, 3.63) is 131 Å². The van der Waals surface area contributed by atoms with Gasteiger partial charge >= 0.3 is 0 Å². The summed E-state index contributed by atoms with van der Waals surface area (Å²) in [5.41, 5.74) is 8.91. The monoisotopic (exact) mass is 507 g/mol. The second kappa shape index (κ2) is 12.2. The van der Waals surface area contributed by atoms with E-state index in [1.807, 2.05) is 60.7 Å². The van der Waals surface area contributed by atoms with Crippen molar-refractivity contribution >= 4 is 23.5 Å². The summed E-state index contributed by atoms with van der Waals surface area (Å²) in [4.78, 5) is 27.3. The molecule has 8 nitrogen and oxygen atoms in total. The second-order valence-electron chi connectivity index (χ2n) is 8.74. The Morgan fingerprint density at radius 2 is 1.34 bits per heavy atom. The van der Waals surface area contributed by atoms with Crippen molar-refractivity contribution in [1.29, 1.82) is 5.41 Å². The molecule has 0 spiro atoms. The molecule has 0 radical (unpaired) electrons. The highest BCUT2D eigenvalue weighted by molar-refractivity contribution is 5.94. The number of amides is 2. The third kappa shape index (κ3) is 6.76. The summed E-state index contributed by atoms with van der Waals surface area (Å²) in [6, 6.07) is 31.1. The molecule has 4 rings (SSSR count). The van der Waals surface area contributed by atoms with Crippen LogP contribution in [0.15, 0.2) is 109 Å². The summed E-state index contributed by atoms with van der Waals surface area (Å²) in [5, 5.41) is 25.6. The van der Waals surface area contributed by atoms with E-state index in [2.05, 4.69) is 16.0 Å². The molecule has 0 aliphatic rings. The second-order valence-corrected chi connectivity index (χ2v) is 8.74. The maximum atomic E-state index is 13.8. The van der Waals surface area contributed by atoms with Gasteiger partial charge in [0.15, 0.2) is 5.96 Å². The van der Waals surface area contributed by atoms with Crippen LogP contribution >= 0.6 is 0 Å². The van der Waals surface area contributed by atoms with Crippen LogP contribution in [-0.2, 0) is 16.1 Å². The number of benzene rings is 4. The van der Waals surface area contributed by atoms with Crippen molar-refractivity contribution in [2.24, 2.45) is 5.73 Å². The van der Waals surface area contributed by atoms with E-state index in [1.165, 1.54) is 0 Å². The topological polar surface area (TPSA) is 140 Å². The summed E-state index contributed by atoms with van der Waals surface area (Å²) in [5.74, 6) is -1.49. The summed E-state index contributed by atoms with van der Waals surface area (Å²) < 4.78 is 0. The number of phenolic OH excluding ortho intramolecular Hbond substituents is 1. The Balaban J connectivity index is 1.65. The number of hydrogen-bond acceptors (Lipinski definition) is 4. The molecule has 4 aromatic carbocycles. The predicted molar refractivity (Wildman–Crippen MR) is 148 cm³/mol. The predicted octanol–water partition coefficient (Wildman–Crippen LogP) is 4.00. The van der Waals surface area contributed by atoms with E-state index in [9.17, 15) is 14.7 Å². The van der Waals surface area contributed by atoms with Gasteiger partial charge in [-0.25, -0.2) is 0 Å². The van der Waals surface area contributed by atoms with E-state index in [-0.39, 0.29) is 24.2 Å².